The predicted octanol–water partition coefficient (Wildman–Crippen LogP) is 3.07. The van der Waals surface area contributed by atoms with Crippen molar-refractivity contribution in [1.29, 1.82) is 0 Å². The average Bonchev–Trinajstić information content (AvgIpc) is 2.24. The van der Waals surface area contributed by atoms with Gasteiger partial charge in [-0.05, 0) is 12.6 Å². The summed E-state index contributed by atoms with van der Waals surface area (Å²) >= 11 is 5.58. The maximum absolute atomic E-state index is 13.5. The first-order valence-electron chi connectivity index (χ1n) is 5.09. The lowest BCUT2D eigenvalue weighted by Gasteiger charge is -2.12. The van der Waals surface area contributed by atoms with Crippen molar-refractivity contribution in [2.45, 2.75) is 13.5 Å². The summed E-state index contributed by atoms with van der Waals surface area (Å²) in [5.74, 6) is -0.140. The lowest BCUT2D eigenvalue weighted by molar-refractivity contribution is 0.333. The third-order valence-electron chi connectivity index (χ3n) is 1.99. The zero-order chi connectivity index (χ0) is 12.0. The maximum atomic E-state index is 13.5. The highest BCUT2D eigenvalue weighted by atomic mass is 35.5. The van der Waals surface area contributed by atoms with E-state index in [2.05, 4.69) is 11.9 Å². The van der Waals surface area contributed by atoms with E-state index in [0.29, 0.717) is 11.6 Å². The Morgan fingerprint density at radius 3 is 2.94 bits per heavy atom. The second-order valence-corrected chi connectivity index (χ2v) is 3.85. The van der Waals surface area contributed by atoms with Gasteiger partial charge in [0.05, 0.1) is 0 Å². The number of para-hydroxylation sites is 1. The summed E-state index contributed by atoms with van der Waals surface area (Å²) in [5.41, 5.74) is 0.778. The minimum Gasteiger partial charge on any atom is -0.485 e. The highest BCUT2D eigenvalue weighted by Crippen LogP contribution is 2.23. The zero-order valence-corrected chi connectivity index (χ0v) is 9.98. The molecule has 1 rings (SSSR count). The van der Waals surface area contributed by atoms with Crippen LogP contribution < -0.4 is 10.1 Å². The number of halogens is 2. The number of hydrogen-bond donors (Lipinski definition) is 1. The van der Waals surface area contributed by atoms with Crippen LogP contribution in [0, 0.1) is 5.82 Å². The second-order valence-electron chi connectivity index (χ2n) is 3.31. The van der Waals surface area contributed by atoms with Crippen LogP contribution in [0.15, 0.2) is 29.8 Å². The lowest BCUT2D eigenvalue weighted by atomic mass is 10.2. The first-order valence-corrected chi connectivity index (χ1v) is 5.47. The van der Waals surface area contributed by atoms with Crippen LogP contribution in [0.25, 0.3) is 0 Å². The fraction of sp³-hybridized carbons (Fsp3) is 0.333. The van der Waals surface area contributed by atoms with Crippen molar-refractivity contribution in [1.82, 2.24) is 5.32 Å². The van der Waals surface area contributed by atoms with Crippen molar-refractivity contribution in [3.8, 4) is 5.75 Å². The van der Waals surface area contributed by atoms with E-state index in [1.165, 1.54) is 6.07 Å². The number of rotatable bonds is 6. The lowest BCUT2D eigenvalue weighted by Crippen LogP contribution is -2.13. The normalized spacial score (nSPS) is 10.2. The van der Waals surface area contributed by atoms with E-state index in [4.69, 9.17) is 16.3 Å². The van der Waals surface area contributed by atoms with Crippen molar-refractivity contribution in [3.63, 3.8) is 0 Å². The van der Waals surface area contributed by atoms with Gasteiger partial charge < -0.3 is 10.1 Å². The van der Waals surface area contributed by atoms with Crippen molar-refractivity contribution in [3.05, 3.63) is 41.2 Å². The Kier molecular flexibility index (Phi) is 5.29. The van der Waals surface area contributed by atoms with Crippen LogP contribution >= 0.6 is 11.6 Å². The second kappa shape index (κ2) is 6.51. The molecule has 2 nitrogen and oxygen atoms in total. The standard InChI is InChI=1S/C12H15ClFNO/c1-3-15-7-10-5-4-6-11(14)12(10)16-8-9(2)13/h4-6,15H,2-3,7-8H2,1H3. The zero-order valence-electron chi connectivity index (χ0n) is 9.22. The van der Waals surface area contributed by atoms with Crippen LogP contribution in [0.3, 0.4) is 0 Å². The highest BCUT2D eigenvalue weighted by molar-refractivity contribution is 6.29. The van der Waals surface area contributed by atoms with E-state index >= 15 is 0 Å². The average molecular weight is 244 g/mol. The van der Waals surface area contributed by atoms with Gasteiger partial charge >= 0.3 is 0 Å². The van der Waals surface area contributed by atoms with Gasteiger partial charge in [0.1, 0.15) is 6.61 Å². The molecular weight excluding hydrogens is 229 g/mol. The first kappa shape index (κ1) is 13.0. The molecule has 0 spiro atoms. The van der Waals surface area contributed by atoms with Gasteiger partial charge in [-0.1, -0.05) is 37.2 Å². The Hall–Kier alpha value is -1.06. The third-order valence-corrected chi connectivity index (χ3v) is 2.10. The van der Waals surface area contributed by atoms with Crippen LogP contribution in [-0.4, -0.2) is 13.2 Å². The molecule has 1 N–H and O–H groups in total. The maximum Gasteiger partial charge on any atom is 0.165 e. The van der Waals surface area contributed by atoms with Crippen LogP contribution in [0.2, 0.25) is 0 Å². The van der Waals surface area contributed by atoms with Crippen molar-refractivity contribution in [2.75, 3.05) is 13.2 Å². The topological polar surface area (TPSA) is 21.3 Å². The summed E-state index contributed by atoms with van der Waals surface area (Å²) in [5, 5.41) is 3.46. The molecule has 0 aliphatic rings. The molecule has 0 fully saturated rings. The largest absolute Gasteiger partial charge is 0.485 e. The number of hydrogen-bond acceptors (Lipinski definition) is 2. The van der Waals surface area contributed by atoms with Crippen LogP contribution in [-0.2, 0) is 6.54 Å². The van der Waals surface area contributed by atoms with E-state index < -0.39 is 0 Å². The summed E-state index contributed by atoms with van der Waals surface area (Å²) in [6.45, 7) is 6.98. The summed E-state index contributed by atoms with van der Waals surface area (Å²) in [4.78, 5) is 0. The summed E-state index contributed by atoms with van der Waals surface area (Å²) in [6, 6.07) is 4.84. The van der Waals surface area contributed by atoms with Gasteiger partial charge in [0, 0.05) is 17.1 Å². The molecule has 1 aromatic rings. The molecule has 16 heavy (non-hydrogen) atoms. The molecule has 1 aromatic carbocycles. The molecule has 88 valence electrons. The fourth-order valence-corrected chi connectivity index (χ4v) is 1.32. The minimum atomic E-state index is -0.381. The molecule has 0 unspecified atom stereocenters. The highest BCUT2D eigenvalue weighted by Gasteiger charge is 2.09. The number of benzene rings is 1. The first-order chi connectivity index (χ1) is 7.65. The fourth-order valence-electron chi connectivity index (χ4n) is 1.26. The number of ether oxygens (including phenoxy) is 1. The smallest absolute Gasteiger partial charge is 0.165 e. The van der Waals surface area contributed by atoms with Gasteiger partial charge in [0.25, 0.3) is 0 Å². The van der Waals surface area contributed by atoms with Crippen molar-refractivity contribution < 1.29 is 9.13 Å². The van der Waals surface area contributed by atoms with E-state index in [0.717, 1.165) is 12.1 Å². The molecule has 0 saturated carbocycles. The molecule has 0 atom stereocenters. The Labute approximate surface area is 100 Å². The van der Waals surface area contributed by atoms with Gasteiger partial charge in [0.2, 0.25) is 0 Å². The SMILES string of the molecule is C=C(Cl)COc1c(F)cccc1CNCC. The summed E-state index contributed by atoms with van der Waals surface area (Å²) < 4.78 is 18.8. The molecule has 0 bridgehead atoms. The minimum absolute atomic E-state index is 0.113. The van der Waals surface area contributed by atoms with Gasteiger partial charge in [-0.3, -0.25) is 0 Å². The Morgan fingerprint density at radius 1 is 1.56 bits per heavy atom. The Balaban J connectivity index is 2.80. The van der Waals surface area contributed by atoms with Gasteiger partial charge in [0.15, 0.2) is 11.6 Å². The molecule has 0 amide bonds. The predicted molar refractivity (Wildman–Crippen MR) is 64.3 cm³/mol. The van der Waals surface area contributed by atoms with E-state index in [9.17, 15) is 4.39 Å². The summed E-state index contributed by atoms with van der Waals surface area (Å²) in [7, 11) is 0. The summed E-state index contributed by atoms with van der Waals surface area (Å²) in [6.07, 6.45) is 0. The quantitative estimate of drug-likeness (QED) is 0.829. The molecule has 0 aliphatic carbocycles. The van der Waals surface area contributed by atoms with Gasteiger partial charge in [-0.25, -0.2) is 4.39 Å². The molecule has 0 radical (unpaired) electrons. The monoisotopic (exact) mass is 243 g/mol. The van der Waals surface area contributed by atoms with Crippen molar-refractivity contribution in [2.24, 2.45) is 0 Å². The molecular formula is C12H15ClFNO. The molecule has 0 saturated heterocycles. The van der Waals surface area contributed by atoms with Crippen LogP contribution in [0.4, 0.5) is 4.39 Å². The van der Waals surface area contributed by atoms with E-state index in [-0.39, 0.29) is 18.2 Å². The third kappa shape index (κ3) is 3.83. The molecule has 0 heterocycles. The van der Waals surface area contributed by atoms with Crippen LogP contribution in [0.5, 0.6) is 5.75 Å². The molecule has 0 aromatic heterocycles. The van der Waals surface area contributed by atoms with Crippen LogP contribution in [0.1, 0.15) is 12.5 Å². The molecule has 4 heteroatoms. The van der Waals surface area contributed by atoms with Gasteiger partial charge in [-0.15, -0.1) is 0 Å². The Morgan fingerprint density at radius 2 is 2.31 bits per heavy atom. The van der Waals surface area contributed by atoms with Crippen molar-refractivity contribution >= 4 is 11.6 Å². The molecule has 0 aliphatic heterocycles. The Bertz CT molecular complexity index is 368. The van der Waals surface area contributed by atoms with E-state index in [1.807, 2.05) is 13.0 Å². The van der Waals surface area contributed by atoms with E-state index in [1.54, 1.807) is 6.07 Å². The number of nitrogens with one attached hydrogen (secondary N) is 1. The van der Waals surface area contributed by atoms with Gasteiger partial charge in [-0.2, -0.15) is 0 Å².